The molecule has 4 aromatic rings. The molecule has 0 saturated heterocycles. The summed E-state index contributed by atoms with van der Waals surface area (Å²) in [6.07, 6.45) is 6.40. The van der Waals surface area contributed by atoms with Crippen LogP contribution in [0.5, 0.6) is 5.75 Å². The third-order valence-electron chi connectivity index (χ3n) is 4.74. The molecule has 146 valence electrons. The van der Waals surface area contributed by atoms with Gasteiger partial charge < -0.3 is 14.5 Å². The largest absolute Gasteiger partial charge is 0.496 e. The van der Waals surface area contributed by atoms with Crippen LogP contribution < -0.4 is 10.1 Å². The minimum Gasteiger partial charge on any atom is -0.496 e. The minimum absolute atomic E-state index is 0.574. The van der Waals surface area contributed by atoms with Crippen molar-refractivity contribution in [2.75, 3.05) is 12.4 Å². The average Bonchev–Trinajstić information content (AvgIpc) is 3.22. The number of methoxy groups -OCH3 is 1. The molecular weight excluding hydrogens is 366 g/mol. The molecule has 0 aliphatic rings. The number of rotatable bonds is 6. The van der Waals surface area contributed by atoms with Crippen molar-refractivity contribution in [3.8, 4) is 17.0 Å². The molecule has 2 aromatic heterocycles. The molecule has 0 unspecified atom stereocenters. The van der Waals surface area contributed by atoms with E-state index in [1.165, 1.54) is 0 Å². The van der Waals surface area contributed by atoms with Gasteiger partial charge in [0.15, 0.2) is 18.2 Å². The lowest BCUT2D eigenvalue weighted by Crippen LogP contribution is -2.01. The first-order valence-corrected chi connectivity index (χ1v) is 9.26. The fraction of sp³-hybridized carbons (Fsp3) is 0.136. The van der Waals surface area contributed by atoms with E-state index in [-0.39, 0.29) is 0 Å². The summed E-state index contributed by atoms with van der Waals surface area (Å²) in [5.41, 5.74) is 4.88. The number of hydrogen-bond donors (Lipinski definition) is 2. The van der Waals surface area contributed by atoms with Gasteiger partial charge in [-0.1, -0.05) is 25.1 Å². The summed E-state index contributed by atoms with van der Waals surface area (Å²) < 4.78 is 8.25. The van der Waals surface area contributed by atoms with Crippen molar-refractivity contribution < 1.29 is 14.7 Å². The zero-order chi connectivity index (χ0) is 20.4. The molecule has 7 nitrogen and oxygen atoms in total. The van der Waals surface area contributed by atoms with E-state index in [2.05, 4.69) is 23.9 Å². The number of aromatic nitrogens is 3. The highest BCUT2D eigenvalue weighted by molar-refractivity contribution is 5.74. The molecule has 0 amide bonds. The van der Waals surface area contributed by atoms with Crippen molar-refractivity contribution in [3.05, 3.63) is 66.6 Å². The van der Waals surface area contributed by atoms with E-state index < -0.39 is 0 Å². The van der Waals surface area contributed by atoms with Crippen LogP contribution in [0.4, 0.5) is 17.2 Å². The second-order valence-electron chi connectivity index (χ2n) is 6.59. The second kappa shape index (κ2) is 7.63. The molecule has 2 N–H and O–H groups in total. The first-order chi connectivity index (χ1) is 14.1. The molecule has 0 aliphatic carbocycles. The standard InChI is InChI=1S/C22H22N5O2/c1-4-15-8-9-17(13-20(15)29-3)24-21-22-23-10-11-27(22)14-19(25-21)16-6-5-7-18(12-16)26(2)28/h5-14,28H,2,4H2,1,3H3,(H,24,25)/q+1. The van der Waals surface area contributed by atoms with Crippen LogP contribution in [-0.2, 0) is 6.42 Å². The number of aryl methyl sites for hydroxylation is 1. The number of nitrogens with zero attached hydrogens (tertiary/aromatic N) is 4. The van der Waals surface area contributed by atoms with Crippen LogP contribution in [0.3, 0.4) is 0 Å². The van der Waals surface area contributed by atoms with Crippen molar-refractivity contribution in [1.82, 2.24) is 14.4 Å². The van der Waals surface area contributed by atoms with Crippen LogP contribution in [0, 0.1) is 0 Å². The molecule has 0 radical (unpaired) electrons. The van der Waals surface area contributed by atoms with Crippen molar-refractivity contribution in [1.29, 1.82) is 0 Å². The molecule has 0 saturated carbocycles. The Morgan fingerprint density at radius 3 is 2.86 bits per heavy atom. The van der Waals surface area contributed by atoms with Crippen molar-refractivity contribution in [3.63, 3.8) is 0 Å². The van der Waals surface area contributed by atoms with Gasteiger partial charge in [0.2, 0.25) is 0 Å². The Morgan fingerprint density at radius 2 is 2.10 bits per heavy atom. The number of imidazole rings is 1. The lowest BCUT2D eigenvalue weighted by Gasteiger charge is -2.12. The summed E-state index contributed by atoms with van der Waals surface area (Å²) in [6.45, 7) is 5.61. The number of ether oxygens (including phenoxy) is 1. The summed E-state index contributed by atoms with van der Waals surface area (Å²) >= 11 is 0. The Bertz CT molecular complexity index is 1200. The smallest absolute Gasteiger partial charge is 0.257 e. The van der Waals surface area contributed by atoms with Gasteiger partial charge >= 0.3 is 0 Å². The SMILES string of the molecule is C=[N+](O)c1cccc(-c2cn3ccnc3c(Nc3ccc(CC)c(OC)c3)n2)c1. The molecule has 2 aromatic carbocycles. The maximum absolute atomic E-state index is 9.64. The van der Waals surface area contributed by atoms with E-state index >= 15 is 0 Å². The van der Waals surface area contributed by atoms with Crippen LogP contribution in [0.1, 0.15) is 12.5 Å². The topological polar surface area (TPSA) is 74.7 Å². The molecule has 0 atom stereocenters. The van der Waals surface area contributed by atoms with Crippen LogP contribution in [-0.4, -0.2) is 38.1 Å². The van der Waals surface area contributed by atoms with Gasteiger partial charge in [-0.3, -0.25) is 5.21 Å². The fourth-order valence-corrected chi connectivity index (χ4v) is 3.23. The fourth-order valence-electron chi connectivity index (χ4n) is 3.23. The molecule has 7 heteroatoms. The molecular formula is C22H22N5O2+. The highest BCUT2D eigenvalue weighted by Crippen LogP contribution is 2.29. The van der Waals surface area contributed by atoms with Crippen LogP contribution in [0.2, 0.25) is 0 Å². The predicted octanol–water partition coefficient (Wildman–Crippen LogP) is 4.44. The van der Waals surface area contributed by atoms with Gasteiger partial charge in [-0.05, 0) is 18.1 Å². The Labute approximate surface area is 168 Å². The van der Waals surface area contributed by atoms with E-state index in [1.54, 1.807) is 19.4 Å². The molecule has 4 rings (SSSR count). The van der Waals surface area contributed by atoms with E-state index in [0.717, 1.165) is 39.4 Å². The number of anilines is 2. The number of fused-ring (bicyclic) bond motifs is 1. The van der Waals surface area contributed by atoms with Crippen LogP contribution in [0.25, 0.3) is 16.9 Å². The number of benzene rings is 2. The maximum Gasteiger partial charge on any atom is 0.257 e. The van der Waals surface area contributed by atoms with E-state index in [9.17, 15) is 5.21 Å². The Hall–Kier alpha value is -3.87. The van der Waals surface area contributed by atoms with Gasteiger partial charge in [0, 0.05) is 52.8 Å². The van der Waals surface area contributed by atoms with Crippen molar-refractivity contribution in [2.45, 2.75) is 13.3 Å². The third kappa shape index (κ3) is 3.62. The summed E-state index contributed by atoms with van der Waals surface area (Å²) in [6, 6.07) is 13.4. The second-order valence-corrected chi connectivity index (χ2v) is 6.59. The summed E-state index contributed by atoms with van der Waals surface area (Å²) in [4.78, 5) is 9.20. The molecule has 29 heavy (non-hydrogen) atoms. The zero-order valence-corrected chi connectivity index (χ0v) is 16.3. The van der Waals surface area contributed by atoms with E-state index in [1.807, 2.05) is 53.2 Å². The zero-order valence-electron chi connectivity index (χ0n) is 16.3. The van der Waals surface area contributed by atoms with Crippen LogP contribution in [0.15, 0.2) is 61.1 Å². The van der Waals surface area contributed by atoms with Crippen LogP contribution >= 0.6 is 0 Å². The van der Waals surface area contributed by atoms with E-state index in [0.29, 0.717) is 17.2 Å². The molecule has 2 heterocycles. The number of nitrogens with one attached hydrogen (secondary N) is 1. The lowest BCUT2D eigenvalue weighted by molar-refractivity contribution is -0.706. The Balaban J connectivity index is 1.78. The highest BCUT2D eigenvalue weighted by Gasteiger charge is 2.13. The maximum atomic E-state index is 9.64. The molecule has 0 bridgehead atoms. The quantitative estimate of drug-likeness (QED) is 0.221. The number of hydrogen-bond acceptors (Lipinski definition) is 5. The Morgan fingerprint density at radius 1 is 1.24 bits per heavy atom. The van der Waals surface area contributed by atoms with Gasteiger partial charge in [-0.15, -0.1) is 0 Å². The summed E-state index contributed by atoms with van der Waals surface area (Å²) in [5.74, 6) is 1.46. The first-order valence-electron chi connectivity index (χ1n) is 9.26. The van der Waals surface area contributed by atoms with Crippen molar-refractivity contribution >= 4 is 29.6 Å². The van der Waals surface area contributed by atoms with Gasteiger partial charge in [-0.2, -0.15) is 0 Å². The van der Waals surface area contributed by atoms with Gasteiger partial charge in [0.25, 0.3) is 5.69 Å². The normalized spacial score (nSPS) is 10.8. The molecule has 0 fully saturated rings. The van der Waals surface area contributed by atoms with E-state index in [4.69, 9.17) is 9.72 Å². The van der Waals surface area contributed by atoms with Gasteiger partial charge in [-0.25, -0.2) is 9.97 Å². The van der Waals surface area contributed by atoms with Gasteiger partial charge in [0.1, 0.15) is 5.75 Å². The molecule has 0 aliphatic heterocycles. The van der Waals surface area contributed by atoms with Gasteiger partial charge in [0.05, 0.1) is 12.8 Å². The Kier molecular flexibility index (Phi) is 4.87. The monoisotopic (exact) mass is 388 g/mol. The predicted molar refractivity (Wildman–Crippen MR) is 113 cm³/mol. The highest BCUT2D eigenvalue weighted by atomic mass is 16.5. The minimum atomic E-state index is 0.574. The first kappa shape index (κ1) is 18.5. The summed E-state index contributed by atoms with van der Waals surface area (Å²) in [7, 11) is 1.67. The molecule has 0 spiro atoms. The average molecular weight is 388 g/mol. The third-order valence-corrected chi connectivity index (χ3v) is 4.74. The summed E-state index contributed by atoms with van der Waals surface area (Å²) in [5, 5.41) is 13.0. The lowest BCUT2D eigenvalue weighted by atomic mass is 10.1. The van der Waals surface area contributed by atoms with Crippen molar-refractivity contribution in [2.24, 2.45) is 0 Å².